The largest absolute Gasteiger partial charge is 0.497 e. The molecule has 4 rings (SSSR count). The van der Waals surface area contributed by atoms with Gasteiger partial charge in [-0.1, -0.05) is 18.2 Å². The second-order valence-electron chi connectivity index (χ2n) is 9.30. The molecule has 2 aromatic carbocycles. The fourth-order valence-corrected chi connectivity index (χ4v) is 4.34. The molecule has 1 N–H and O–H groups in total. The highest BCUT2D eigenvalue weighted by Gasteiger charge is 2.17. The number of benzene rings is 2. The SMILES string of the molecule is COc1cc(OC)cc(C(=O)NC[C@@H](C)Oc2ccc(CN3CCN(Cc4cccnc4)CC3)cc2)c1. The molecule has 1 aliphatic heterocycles. The van der Waals surface area contributed by atoms with Gasteiger partial charge in [-0.2, -0.15) is 0 Å². The molecule has 2 heterocycles. The van der Waals surface area contributed by atoms with Gasteiger partial charge in [-0.15, -0.1) is 0 Å². The van der Waals surface area contributed by atoms with Crippen molar-refractivity contribution >= 4 is 5.91 Å². The second kappa shape index (κ2) is 13.1. The molecule has 37 heavy (non-hydrogen) atoms. The summed E-state index contributed by atoms with van der Waals surface area (Å²) >= 11 is 0. The zero-order valence-electron chi connectivity index (χ0n) is 21.9. The minimum atomic E-state index is -0.205. The van der Waals surface area contributed by atoms with E-state index in [1.165, 1.54) is 11.1 Å². The Morgan fingerprint density at radius 2 is 1.51 bits per heavy atom. The van der Waals surface area contributed by atoms with Gasteiger partial charge in [0, 0.05) is 63.3 Å². The number of hydrogen-bond acceptors (Lipinski definition) is 7. The third kappa shape index (κ3) is 7.93. The van der Waals surface area contributed by atoms with Crippen LogP contribution in [0.1, 0.15) is 28.4 Å². The predicted molar refractivity (Wildman–Crippen MR) is 143 cm³/mol. The van der Waals surface area contributed by atoms with Crippen LogP contribution in [0.3, 0.4) is 0 Å². The number of aromatic nitrogens is 1. The lowest BCUT2D eigenvalue weighted by atomic mass is 10.1. The van der Waals surface area contributed by atoms with Crippen LogP contribution in [0.4, 0.5) is 0 Å². The molecule has 0 spiro atoms. The Labute approximate surface area is 219 Å². The zero-order chi connectivity index (χ0) is 26.0. The molecule has 0 saturated carbocycles. The fraction of sp³-hybridized carbons (Fsp3) is 0.379. The average Bonchev–Trinajstić information content (AvgIpc) is 2.94. The Kier molecular flexibility index (Phi) is 9.35. The van der Waals surface area contributed by atoms with Crippen molar-refractivity contribution in [2.75, 3.05) is 46.9 Å². The van der Waals surface area contributed by atoms with Gasteiger partial charge in [0.15, 0.2) is 0 Å². The van der Waals surface area contributed by atoms with Crippen molar-refractivity contribution in [1.29, 1.82) is 0 Å². The molecule has 1 amide bonds. The topological polar surface area (TPSA) is 76.2 Å². The number of amides is 1. The standard InChI is InChI=1S/C29H36N4O4/c1-22(18-31-29(34)25-15-27(35-2)17-28(16-25)36-3)37-26-8-6-23(7-9-26)20-32-11-13-33(14-12-32)21-24-5-4-10-30-19-24/h4-10,15-17,19,22H,11-14,18,20-21H2,1-3H3,(H,31,34)/t22-/m1/s1. The number of nitrogens with zero attached hydrogens (tertiary/aromatic N) is 3. The molecule has 196 valence electrons. The summed E-state index contributed by atoms with van der Waals surface area (Å²) in [6.45, 7) is 8.41. The van der Waals surface area contributed by atoms with Gasteiger partial charge < -0.3 is 19.5 Å². The number of pyridine rings is 1. The van der Waals surface area contributed by atoms with Gasteiger partial charge in [0.25, 0.3) is 5.91 Å². The van der Waals surface area contributed by atoms with E-state index in [0.717, 1.165) is 45.0 Å². The van der Waals surface area contributed by atoms with Crippen molar-refractivity contribution in [3.8, 4) is 17.2 Å². The van der Waals surface area contributed by atoms with Gasteiger partial charge >= 0.3 is 0 Å². The first kappa shape index (κ1) is 26.4. The molecule has 0 unspecified atom stereocenters. The van der Waals surface area contributed by atoms with Gasteiger partial charge in [-0.3, -0.25) is 19.6 Å². The van der Waals surface area contributed by atoms with Gasteiger partial charge in [-0.25, -0.2) is 0 Å². The van der Waals surface area contributed by atoms with E-state index in [-0.39, 0.29) is 12.0 Å². The van der Waals surface area contributed by atoms with E-state index in [2.05, 4.69) is 38.3 Å². The molecule has 8 heteroatoms. The third-order valence-corrected chi connectivity index (χ3v) is 6.42. The fourth-order valence-electron chi connectivity index (χ4n) is 4.34. The molecule has 1 fully saturated rings. The Morgan fingerprint density at radius 3 is 2.08 bits per heavy atom. The van der Waals surface area contributed by atoms with E-state index >= 15 is 0 Å². The number of carbonyl (C=O) groups excluding carboxylic acids is 1. The summed E-state index contributed by atoms with van der Waals surface area (Å²) < 4.78 is 16.5. The van der Waals surface area contributed by atoms with Crippen LogP contribution in [0.25, 0.3) is 0 Å². The van der Waals surface area contributed by atoms with E-state index in [1.54, 1.807) is 32.4 Å². The van der Waals surface area contributed by atoms with Crippen LogP contribution in [-0.4, -0.2) is 73.7 Å². The van der Waals surface area contributed by atoms with Crippen molar-refractivity contribution in [3.05, 3.63) is 83.7 Å². The number of nitrogens with one attached hydrogen (secondary N) is 1. The van der Waals surface area contributed by atoms with E-state index < -0.39 is 0 Å². The highest BCUT2D eigenvalue weighted by atomic mass is 16.5. The first-order chi connectivity index (χ1) is 18.0. The van der Waals surface area contributed by atoms with Crippen molar-refractivity contribution in [2.24, 2.45) is 0 Å². The first-order valence-corrected chi connectivity index (χ1v) is 12.6. The number of rotatable bonds is 11. The summed E-state index contributed by atoms with van der Waals surface area (Å²) in [4.78, 5) is 21.8. The lowest BCUT2D eigenvalue weighted by Gasteiger charge is -2.34. The lowest BCUT2D eigenvalue weighted by Crippen LogP contribution is -2.45. The predicted octanol–water partition coefficient (Wildman–Crippen LogP) is 3.61. The smallest absolute Gasteiger partial charge is 0.251 e. The lowest BCUT2D eigenvalue weighted by molar-refractivity contribution is 0.0931. The van der Waals surface area contributed by atoms with Crippen LogP contribution in [0.5, 0.6) is 17.2 Å². The Bertz CT molecular complexity index is 1110. The Morgan fingerprint density at radius 1 is 0.892 bits per heavy atom. The summed E-state index contributed by atoms with van der Waals surface area (Å²) in [7, 11) is 3.12. The molecule has 1 aliphatic rings. The molecule has 1 atom stereocenters. The highest BCUT2D eigenvalue weighted by molar-refractivity contribution is 5.95. The Hall–Kier alpha value is -3.62. The summed E-state index contributed by atoms with van der Waals surface area (Å²) in [5.41, 5.74) is 3.01. The highest BCUT2D eigenvalue weighted by Crippen LogP contribution is 2.22. The normalized spacial score (nSPS) is 15.1. The molecule has 0 aliphatic carbocycles. The van der Waals surface area contributed by atoms with Crippen LogP contribution < -0.4 is 19.5 Å². The minimum absolute atomic E-state index is 0.185. The Balaban J connectivity index is 1.19. The molecular weight excluding hydrogens is 468 g/mol. The van der Waals surface area contributed by atoms with Crippen molar-refractivity contribution in [2.45, 2.75) is 26.1 Å². The van der Waals surface area contributed by atoms with E-state index in [0.29, 0.717) is 23.6 Å². The van der Waals surface area contributed by atoms with Gasteiger partial charge in [-0.05, 0) is 48.4 Å². The zero-order valence-corrected chi connectivity index (χ0v) is 21.9. The second-order valence-corrected chi connectivity index (χ2v) is 9.30. The number of piperazine rings is 1. The van der Waals surface area contributed by atoms with Gasteiger partial charge in [0.05, 0.1) is 20.8 Å². The van der Waals surface area contributed by atoms with Crippen LogP contribution in [-0.2, 0) is 13.1 Å². The van der Waals surface area contributed by atoms with Gasteiger partial charge in [0.2, 0.25) is 0 Å². The summed E-state index contributed by atoms with van der Waals surface area (Å²) in [6.07, 6.45) is 3.58. The molecule has 1 aromatic heterocycles. The monoisotopic (exact) mass is 504 g/mol. The molecule has 0 radical (unpaired) electrons. The summed E-state index contributed by atoms with van der Waals surface area (Å²) in [5, 5.41) is 2.92. The molecule has 1 saturated heterocycles. The van der Waals surface area contributed by atoms with Crippen molar-refractivity contribution in [3.63, 3.8) is 0 Å². The van der Waals surface area contributed by atoms with Crippen molar-refractivity contribution < 1.29 is 19.0 Å². The molecular formula is C29H36N4O4. The van der Waals surface area contributed by atoms with E-state index in [1.807, 2.05) is 37.5 Å². The van der Waals surface area contributed by atoms with Gasteiger partial charge in [0.1, 0.15) is 23.4 Å². The maximum absolute atomic E-state index is 12.6. The summed E-state index contributed by atoms with van der Waals surface area (Å²) in [6, 6.07) is 17.5. The summed E-state index contributed by atoms with van der Waals surface area (Å²) in [5.74, 6) is 1.72. The van der Waals surface area contributed by atoms with Crippen LogP contribution >= 0.6 is 0 Å². The number of ether oxygens (including phenoxy) is 3. The van der Waals surface area contributed by atoms with Crippen LogP contribution in [0, 0.1) is 0 Å². The molecule has 0 bridgehead atoms. The number of carbonyl (C=O) groups is 1. The van der Waals surface area contributed by atoms with Crippen LogP contribution in [0.2, 0.25) is 0 Å². The minimum Gasteiger partial charge on any atom is -0.497 e. The number of hydrogen-bond donors (Lipinski definition) is 1. The van der Waals surface area contributed by atoms with Crippen LogP contribution in [0.15, 0.2) is 67.0 Å². The number of methoxy groups -OCH3 is 2. The quantitative estimate of drug-likeness (QED) is 0.428. The molecule has 8 nitrogen and oxygen atoms in total. The maximum Gasteiger partial charge on any atom is 0.251 e. The first-order valence-electron chi connectivity index (χ1n) is 12.6. The molecule has 3 aromatic rings. The van der Waals surface area contributed by atoms with E-state index in [9.17, 15) is 4.79 Å². The third-order valence-electron chi connectivity index (χ3n) is 6.42. The van der Waals surface area contributed by atoms with Crippen molar-refractivity contribution in [1.82, 2.24) is 20.1 Å². The maximum atomic E-state index is 12.6. The van der Waals surface area contributed by atoms with E-state index in [4.69, 9.17) is 14.2 Å². The average molecular weight is 505 g/mol.